The molecule has 1 amide bonds. The number of hydrogen-bond acceptors (Lipinski definition) is 4. The van der Waals surface area contributed by atoms with Gasteiger partial charge in [0, 0.05) is 6.54 Å². The maximum Gasteiger partial charge on any atom is 0.233 e. The highest BCUT2D eigenvalue weighted by atomic mass is 35.5. The van der Waals surface area contributed by atoms with Gasteiger partial charge in [0.1, 0.15) is 0 Å². The van der Waals surface area contributed by atoms with Crippen LogP contribution in [0.15, 0.2) is 18.2 Å². The van der Waals surface area contributed by atoms with Gasteiger partial charge in [0.2, 0.25) is 5.91 Å². The summed E-state index contributed by atoms with van der Waals surface area (Å²) < 4.78 is 10.5. The maximum atomic E-state index is 11.6. The number of amides is 1. The quantitative estimate of drug-likeness (QED) is 0.640. The van der Waals surface area contributed by atoms with E-state index < -0.39 is 0 Å². The van der Waals surface area contributed by atoms with Gasteiger partial charge in [-0.25, -0.2) is 0 Å². The summed E-state index contributed by atoms with van der Waals surface area (Å²) in [5, 5.41) is 6.13. The highest BCUT2D eigenvalue weighted by Crippen LogP contribution is 2.28. The number of carbonyl (C=O) groups excluding carboxylic acids is 1. The highest BCUT2D eigenvalue weighted by Gasteiger charge is 2.20. The summed E-state index contributed by atoms with van der Waals surface area (Å²) in [6, 6.07) is 5.92. The highest BCUT2D eigenvalue weighted by molar-refractivity contribution is 5.85. The van der Waals surface area contributed by atoms with Crippen molar-refractivity contribution >= 4 is 18.3 Å². The Morgan fingerprint density at radius 1 is 1.22 bits per heavy atom. The summed E-state index contributed by atoms with van der Waals surface area (Å²) >= 11 is 0. The lowest BCUT2D eigenvalue weighted by Crippen LogP contribution is -2.35. The second-order valence-corrected chi connectivity index (χ2v) is 5.72. The molecule has 130 valence electrons. The number of halogens is 1. The lowest BCUT2D eigenvalue weighted by molar-refractivity contribution is -0.120. The van der Waals surface area contributed by atoms with Crippen molar-refractivity contribution in [3.05, 3.63) is 23.8 Å². The van der Waals surface area contributed by atoms with Crippen LogP contribution in [0.5, 0.6) is 11.5 Å². The summed E-state index contributed by atoms with van der Waals surface area (Å²) in [6.45, 7) is 2.09. The van der Waals surface area contributed by atoms with Gasteiger partial charge >= 0.3 is 0 Å². The molecular formula is C17H27ClN2O3. The van der Waals surface area contributed by atoms with Gasteiger partial charge in [-0.3, -0.25) is 4.79 Å². The van der Waals surface area contributed by atoms with Gasteiger partial charge in [0.05, 0.1) is 20.8 Å². The number of benzene rings is 1. The number of carbonyl (C=O) groups is 1. The van der Waals surface area contributed by atoms with E-state index >= 15 is 0 Å². The number of rotatable bonds is 10. The van der Waals surface area contributed by atoms with Gasteiger partial charge < -0.3 is 20.1 Å². The van der Waals surface area contributed by atoms with Crippen LogP contribution < -0.4 is 20.1 Å². The molecule has 2 rings (SSSR count). The minimum atomic E-state index is 0. The van der Waals surface area contributed by atoms with E-state index in [-0.39, 0.29) is 18.3 Å². The van der Waals surface area contributed by atoms with Crippen LogP contribution >= 0.6 is 12.4 Å². The summed E-state index contributed by atoms with van der Waals surface area (Å²) in [7, 11) is 3.26. The normalized spacial score (nSPS) is 13.1. The van der Waals surface area contributed by atoms with Gasteiger partial charge in [0.25, 0.3) is 0 Å². The molecule has 0 unspecified atom stereocenters. The first-order valence-electron chi connectivity index (χ1n) is 7.91. The van der Waals surface area contributed by atoms with Crippen LogP contribution in [0.25, 0.3) is 0 Å². The van der Waals surface area contributed by atoms with E-state index in [9.17, 15) is 4.79 Å². The molecule has 0 aromatic heterocycles. The number of nitrogens with one attached hydrogen (secondary N) is 2. The Hall–Kier alpha value is -1.46. The second-order valence-electron chi connectivity index (χ2n) is 5.72. The molecule has 6 heteroatoms. The van der Waals surface area contributed by atoms with Crippen LogP contribution in [0.3, 0.4) is 0 Å². The van der Waals surface area contributed by atoms with Gasteiger partial charge in [-0.15, -0.1) is 12.4 Å². The fraction of sp³-hybridized carbons (Fsp3) is 0.588. The number of aryl methyl sites for hydroxylation is 1. The summed E-state index contributed by atoms with van der Waals surface area (Å²) in [5.41, 5.74) is 1.18. The molecule has 5 nitrogen and oxygen atoms in total. The Kier molecular flexibility index (Phi) is 8.81. The largest absolute Gasteiger partial charge is 0.493 e. The van der Waals surface area contributed by atoms with E-state index in [4.69, 9.17) is 9.47 Å². The van der Waals surface area contributed by atoms with Gasteiger partial charge in [-0.05, 0) is 55.8 Å². The minimum Gasteiger partial charge on any atom is -0.493 e. The van der Waals surface area contributed by atoms with Gasteiger partial charge in [0.15, 0.2) is 11.5 Å². The predicted molar refractivity (Wildman–Crippen MR) is 93.7 cm³/mol. The fourth-order valence-electron chi connectivity index (χ4n) is 2.33. The molecule has 0 heterocycles. The van der Waals surface area contributed by atoms with E-state index in [2.05, 4.69) is 10.6 Å². The third kappa shape index (κ3) is 7.10. The molecule has 0 aliphatic heterocycles. The number of ether oxygens (including phenoxy) is 2. The molecule has 1 saturated carbocycles. The van der Waals surface area contributed by atoms with Crippen LogP contribution in [0.4, 0.5) is 0 Å². The standard InChI is InChI=1S/C17H26N2O3.ClH/c1-21-15-8-7-13(10-16(15)22-2)4-3-9-19-17(20)12-18-11-14-5-6-14;/h7-8,10,14,18H,3-6,9,11-12H2,1-2H3,(H,19,20);1H. The van der Waals surface area contributed by atoms with Gasteiger partial charge in [-0.2, -0.15) is 0 Å². The topological polar surface area (TPSA) is 59.6 Å². The van der Waals surface area contributed by atoms with Crippen molar-refractivity contribution < 1.29 is 14.3 Å². The molecule has 0 bridgehead atoms. The minimum absolute atomic E-state index is 0. The molecular weight excluding hydrogens is 316 g/mol. The van der Waals surface area contributed by atoms with Crippen molar-refractivity contribution in [1.29, 1.82) is 0 Å². The number of hydrogen-bond donors (Lipinski definition) is 2. The smallest absolute Gasteiger partial charge is 0.233 e. The van der Waals surface area contributed by atoms with Crippen molar-refractivity contribution in [3.63, 3.8) is 0 Å². The first-order chi connectivity index (χ1) is 10.7. The van der Waals surface area contributed by atoms with Crippen molar-refractivity contribution in [3.8, 4) is 11.5 Å². The van der Waals surface area contributed by atoms with E-state index in [0.29, 0.717) is 13.1 Å². The van der Waals surface area contributed by atoms with Gasteiger partial charge in [-0.1, -0.05) is 6.07 Å². The monoisotopic (exact) mass is 342 g/mol. The van der Waals surface area contributed by atoms with Crippen molar-refractivity contribution in [2.24, 2.45) is 5.92 Å². The summed E-state index contributed by atoms with van der Waals surface area (Å²) in [6.07, 6.45) is 4.42. The molecule has 0 spiro atoms. The summed E-state index contributed by atoms with van der Waals surface area (Å²) in [4.78, 5) is 11.6. The average Bonchev–Trinajstić information content (AvgIpc) is 3.35. The average molecular weight is 343 g/mol. The SMILES string of the molecule is COc1ccc(CCCNC(=O)CNCC2CC2)cc1OC.Cl. The van der Waals surface area contributed by atoms with E-state index in [0.717, 1.165) is 36.8 Å². The Morgan fingerprint density at radius 3 is 2.61 bits per heavy atom. The van der Waals surface area contributed by atoms with Crippen molar-refractivity contribution in [1.82, 2.24) is 10.6 Å². The van der Waals surface area contributed by atoms with Crippen molar-refractivity contribution in [2.45, 2.75) is 25.7 Å². The maximum absolute atomic E-state index is 11.6. The Bertz CT molecular complexity index is 493. The van der Waals surface area contributed by atoms with E-state index in [1.165, 1.54) is 18.4 Å². The Labute approximate surface area is 144 Å². The third-order valence-electron chi connectivity index (χ3n) is 3.83. The zero-order valence-electron chi connectivity index (χ0n) is 13.9. The second kappa shape index (κ2) is 10.3. The molecule has 2 N–H and O–H groups in total. The molecule has 1 aliphatic carbocycles. The first kappa shape index (κ1) is 19.6. The molecule has 1 aromatic carbocycles. The zero-order chi connectivity index (χ0) is 15.8. The van der Waals surface area contributed by atoms with E-state index in [1.54, 1.807) is 14.2 Å². The molecule has 23 heavy (non-hydrogen) atoms. The van der Waals surface area contributed by atoms with Crippen LogP contribution in [0, 0.1) is 5.92 Å². The number of methoxy groups -OCH3 is 2. The Morgan fingerprint density at radius 2 is 1.96 bits per heavy atom. The zero-order valence-corrected chi connectivity index (χ0v) is 14.7. The molecule has 1 aliphatic rings. The fourth-order valence-corrected chi connectivity index (χ4v) is 2.33. The molecule has 0 atom stereocenters. The molecule has 0 radical (unpaired) electrons. The third-order valence-corrected chi connectivity index (χ3v) is 3.83. The lowest BCUT2D eigenvalue weighted by Gasteiger charge is -2.10. The van der Waals surface area contributed by atoms with Crippen LogP contribution in [0.2, 0.25) is 0 Å². The summed E-state index contributed by atoms with van der Waals surface area (Å²) in [5.74, 6) is 2.36. The van der Waals surface area contributed by atoms with E-state index in [1.807, 2.05) is 18.2 Å². The van der Waals surface area contributed by atoms with Crippen molar-refractivity contribution in [2.75, 3.05) is 33.9 Å². The molecule has 0 saturated heterocycles. The first-order valence-corrected chi connectivity index (χ1v) is 7.91. The van der Waals surface area contributed by atoms with Crippen LogP contribution in [-0.2, 0) is 11.2 Å². The Balaban J connectivity index is 0.00000264. The predicted octanol–water partition coefficient (Wildman–Crippen LogP) is 2.17. The lowest BCUT2D eigenvalue weighted by atomic mass is 10.1. The van der Waals surface area contributed by atoms with Crippen LogP contribution in [-0.4, -0.2) is 39.8 Å². The molecule has 1 aromatic rings. The van der Waals surface area contributed by atoms with Crippen LogP contribution in [0.1, 0.15) is 24.8 Å². The molecule has 1 fully saturated rings.